The van der Waals surface area contributed by atoms with Gasteiger partial charge in [-0.05, 0) is 67.1 Å². The summed E-state index contributed by atoms with van der Waals surface area (Å²) in [5.41, 5.74) is 3.19. The Morgan fingerprint density at radius 2 is 1.93 bits per heavy atom. The number of benzene rings is 1. The minimum Gasteiger partial charge on any atom is -0.392 e. The molecule has 2 saturated carbocycles. The number of aliphatic hydroxyl groups excluding tert-OH is 1. The van der Waals surface area contributed by atoms with Crippen LogP contribution in [0.2, 0.25) is 5.02 Å². The first kappa shape index (κ1) is 22.4. The van der Waals surface area contributed by atoms with Gasteiger partial charge in [-0.25, -0.2) is 0 Å². The molecule has 1 heterocycles. The number of aliphatic hydroxyl groups is 1. The van der Waals surface area contributed by atoms with Gasteiger partial charge in [-0.15, -0.1) is 0 Å². The average Bonchev–Trinajstić information content (AvgIpc) is 3.04. The number of halogens is 1. The van der Waals surface area contributed by atoms with Crippen molar-refractivity contribution >= 4 is 17.3 Å². The molecule has 168 valence electrons. The number of aryl methyl sites for hydroxylation is 1. The number of ether oxygens (including phenoxy) is 1. The molecule has 1 aromatic carbocycles. The SMILES string of the molecule is Cc1ccc(Cl)cc1N1CCN(C[C@@H](O)CCO[C@@H]2C[C@@H]3CC[C@]2(C)C3(C)C)CC1. The molecule has 2 bridgehead atoms. The first-order valence-corrected chi connectivity index (χ1v) is 12.1. The van der Waals surface area contributed by atoms with Gasteiger partial charge in [0.15, 0.2) is 0 Å². The van der Waals surface area contributed by atoms with Crippen LogP contribution in [0.5, 0.6) is 0 Å². The van der Waals surface area contributed by atoms with E-state index in [0.29, 0.717) is 23.5 Å². The van der Waals surface area contributed by atoms with Gasteiger partial charge in [0.05, 0.1) is 12.2 Å². The molecule has 4 atom stereocenters. The first-order valence-electron chi connectivity index (χ1n) is 11.7. The van der Waals surface area contributed by atoms with Crippen molar-refractivity contribution in [1.82, 2.24) is 4.90 Å². The van der Waals surface area contributed by atoms with Crippen LogP contribution in [0.1, 0.15) is 52.0 Å². The number of fused-ring (bicyclic) bond motifs is 2. The zero-order valence-electron chi connectivity index (χ0n) is 19.2. The van der Waals surface area contributed by atoms with Gasteiger partial charge in [-0.3, -0.25) is 4.90 Å². The second kappa shape index (κ2) is 8.61. The van der Waals surface area contributed by atoms with Crippen molar-refractivity contribution in [2.45, 2.75) is 65.6 Å². The molecule has 3 aliphatic rings. The zero-order valence-corrected chi connectivity index (χ0v) is 19.9. The van der Waals surface area contributed by atoms with Gasteiger partial charge in [0, 0.05) is 50.0 Å². The molecular weight excluding hydrogens is 396 g/mol. The lowest BCUT2D eigenvalue weighted by molar-refractivity contribution is -0.0564. The van der Waals surface area contributed by atoms with Gasteiger partial charge in [-0.1, -0.05) is 38.4 Å². The van der Waals surface area contributed by atoms with Crippen molar-refractivity contribution in [3.63, 3.8) is 0 Å². The van der Waals surface area contributed by atoms with Gasteiger partial charge >= 0.3 is 0 Å². The maximum Gasteiger partial charge on any atom is 0.0689 e. The molecule has 0 spiro atoms. The zero-order chi connectivity index (χ0) is 21.5. The third kappa shape index (κ3) is 4.13. The summed E-state index contributed by atoms with van der Waals surface area (Å²) >= 11 is 6.19. The maximum absolute atomic E-state index is 10.6. The van der Waals surface area contributed by atoms with E-state index in [1.54, 1.807) is 0 Å². The summed E-state index contributed by atoms with van der Waals surface area (Å²) < 4.78 is 6.34. The summed E-state index contributed by atoms with van der Waals surface area (Å²) in [5, 5.41) is 11.4. The lowest BCUT2D eigenvalue weighted by atomic mass is 9.70. The predicted octanol–water partition coefficient (Wildman–Crippen LogP) is 4.75. The predicted molar refractivity (Wildman–Crippen MR) is 124 cm³/mol. The molecule has 0 radical (unpaired) electrons. The Morgan fingerprint density at radius 3 is 2.57 bits per heavy atom. The summed E-state index contributed by atoms with van der Waals surface area (Å²) in [6.07, 6.45) is 4.61. The second-order valence-corrected chi connectivity index (χ2v) is 11.1. The van der Waals surface area contributed by atoms with E-state index in [1.165, 1.54) is 30.5 Å². The highest BCUT2D eigenvalue weighted by Crippen LogP contribution is 2.66. The molecule has 0 amide bonds. The van der Waals surface area contributed by atoms with Crippen LogP contribution in [0.3, 0.4) is 0 Å². The fourth-order valence-corrected chi connectivity index (χ4v) is 6.38. The van der Waals surface area contributed by atoms with Gasteiger partial charge in [0.1, 0.15) is 0 Å². The molecular formula is C25H39ClN2O2. The number of rotatable bonds is 7. The molecule has 3 fully saturated rings. The molecule has 0 unspecified atom stereocenters. The number of nitrogens with zero attached hydrogens (tertiary/aromatic N) is 2. The first-order chi connectivity index (χ1) is 14.2. The van der Waals surface area contributed by atoms with Crippen LogP contribution < -0.4 is 4.90 Å². The van der Waals surface area contributed by atoms with E-state index in [1.807, 2.05) is 6.07 Å². The number of hydrogen-bond acceptors (Lipinski definition) is 4. The fourth-order valence-electron chi connectivity index (χ4n) is 6.21. The largest absolute Gasteiger partial charge is 0.392 e. The summed E-state index contributed by atoms with van der Waals surface area (Å²) in [5.74, 6) is 0.803. The van der Waals surface area contributed by atoms with Crippen LogP contribution >= 0.6 is 11.6 Å². The highest BCUT2D eigenvalue weighted by atomic mass is 35.5. The van der Waals surface area contributed by atoms with Gasteiger partial charge < -0.3 is 14.7 Å². The topological polar surface area (TPSA) is 35.9 Å². The Balaban J connectivity index is 1.19. The molecule has 1 aliphatic heterocycles. The standard InChI is InChI=1S/C25H39ClN2O2/c1-18-5-6-20(26)16-22(18)28-12-10-27(11-13-28)17-21(29)8-14-30-23-15-19-7-9-25(23,4)24(19,2)3/h5-6,16,19,21,23,29H,7-15,17H2,1-4H3/t19-,21-,23+,25-/m0/s1. The molecule has 1 N–H and O–H groups in total. The van der Waals surface area contributed by atoms with E-state index in [-0.39, 0.29) is 6.10 Å². The van der Waals surface area contributed by atoms with E-state index >= 15 is 0 Å². The summed E-state index contributed by atoms with van der Waals surface area (Å²) in [4.78, 5) is 4.79. The van der Waals surface area contributed by atoms with Gasteiger partial charge in [-0.2, -0.15) is 0 Å². The quantitative estimate of drug-likeness (QED) is 0.671. The third-order valence-electron chi connectivity index (χ3n) is 8.84. The molecule has 5 heteroatoms. The third-order valence-corrected chi connectivity index (χ3v) is 9.07. The normalized spacial score (nSPS) is 32.0. The Morgan fingerprint density at radius 1 is 1.20 bits per heavy atom. The molecule has 0 aromatic heterocycles. The van der Waals surface area contributed by atoms with E-state index in [9.17, 15) is 5.11 Å². The molecule has 1 saturated heterocycles. The minimum absolute atomic E-state index is 0.303. The van der Waals surface area contributed by atoms with Crippen molar-refractivity contribution in [2.24, 2.45) is 16.7 Å². The molecule has 4 rings (SSSR count). The fraction of sp³-hybridized carbons (Fsp3) is 0.760. The number of piperazine rings is 1. The summed E-state index contributed by atoms with van der Waals surface area (Å²) in [6, 6.07) is 6.11. The van der Waals surface area contributed by atoms with Crippen LogP contribution in [-0.4, -0.2) is 61.5 Å². The van der Waals surface area contributed by atoms with Crippen molar-refractivity contribution in [2.75, 3.05) is 44.2 Å². The van der Waals surface area contributed by atoms with Crippen molar-refractivity contribution < 1.29 is 9.84 Å². The van der Waals surface area contributed by atoms with Crippen LogP contribution in [0.25, 0.3) is 0 Å². The van der Waals surface area contributed by atoms with E-state index < -0.39 is 0 Å². The number of anilines is 1. The number of β-amino-alcohol motifs (C(OH)–C–C–N with tert-alkyl or cyclic N) is 1. The number of hydrogen-bond donors (Lipinski definition) is 1. The molecule has 30 heavy (non-hydrogen) atoms. The lowest BCUT2D eigenvalue weighted by Gasteiger charge is -2.39. The van der Waals surface area contributed by atoms with Crippen LogP contribution in [0, 0.1) is 23.7 Å². The molecule has 1 aromatic rings. The van der Waals surface area contributed by atoms with Crippen LogP contribution in [0.4, 0.5) is 5.69 Å². The van der Waals surface area contributed by atoms with Crippen molar-refractivity contribution in [3.05, 3.63) is 28.8 Å². The van der Waals surface area contributed by atoms with Crippen LogP contribution in [-0.2, 0) is 4.74 Å². The smallest absolute Gasteiger partial charge is 0.0689 e. The highest BCUT2D eigenvalue weighted by molar-refractivity contribution is 6.30. The summed E-state index contributed by atoms with van der Waals surface area (Å²) in [6.45, 7) is 14.7. The van der Waals surface area contributed by atoms with Crippen molar-refractivity contribution in [1.29, 1.82) is 0 Å². The minimum atomic E-state index is -0.316. The highest BCUT2D eigenvalue weighted by Gasteiger charge is 2.61. The van der Waals surface area contributed by atoms with Crippen molar-refractivity contribution in [3.8, 4) is 0 Å². The van der Waals surface area contributed by atoms with E-state index in [2.05, 4.69) is 49.6 Å². The Labute approximate surface area is 187 Å². The Kier molecular flexibility index (Phi) is 6.43. The second-order valence-electron chi connectivity index (χ2n) is 10.6. The Hall–Kier alpha value is -0.810. The average molecular weight is 435 g/mol. The van der Waals surface area contributed by atoms with Gasteiger partial charge in [0.25, 0.3) is 0 Å². The lowest BCUT2D eigenvalue weighted by Crippen LogP contribution is -2.49. The molecule has 2 aliphatic carbocycles. The van der Waals surface area contributed by atoms with E-state index in [4.69, 9.17) is 16.3 Å². The monoisotopic (exact) mass is 434 g/mol. The van der Waals surface area contributed by atoms with E-state index in [0.717, 1.165) is 50.1 Å². The maximum atomic E-state index is 10.6. The van der Waals surface area contributed by atoms with Crippen LogP contribution in [0.15, 0.2) is 18.2 Å². The molecule has 4 nitrogen and oxygen atoms in total. The Bertz CT molecular complexity index is 747. The summed E-state index contributed by atoms with van der Waals surface area (Å²) in [7, 11) is 0. The van der Waals surface area contributed by atoms with Gasteiger partial charge in [0.2, 0.25) is 0 Å².